The minimum atomic E-state index is 0.143. The normalized spacial score (nSPS) is 17.2. The summed E-state index contributed by atoms with van der Waals surface area (Å²) < 4.78 is 6.91. The van der Waals surface area contributed by atoms with Gasteiger partial charge in [-0.3, -0.25) is 4.79 Å². The first kappa shape index (κ1) is 17.2. The molecule has 1 aliphatic heterocycles. The van der Waals surface area contributed by atoms with Crippen LogP contribution in [-0.2, 0) is 11.2 Å². The van der Waals surface area contributed by atoms with E-state index in [2.05, 4.69) is 26.2 Å². The molecule has 1 aromatic heterocycles. The van der Waals surface area contributed by atoms with Crippen LogP contribution in [0.25, 0.3) is 11.3 Å². The van der Waals surface area contributed by atoms with Crippen molar-refractivity contribution in [2.75, 3.05) is 20.1 Å². The van der Waals surface area contributed by atoms with Gasteiger partial charge >= 0.3 is 0 Å². The third-order valence-electron chi connectivity index (χ3n) is 4.48. The van der Waals surface area contributed by atoms with Crippen molar-refractivity contribution in [3.63, 3.8) is 0 Å². The largest absolute Gasteiger partial charge is 0.440 e. The summed E-state index contributed by atoms with van der Waals surface area (Å²) in [7, 11) is 1.88. The Hall–Kier alpha value is -1.66. The van der Waals surface area contributed by atoms with Gasteiger partial charge in [-0.2, -0.15) is 0 Å². The Morgan fingerprint density at radius 2 is 2.17 bits per heavy atom. The molecule has 1 amide bonds. The van der Waals surface area contributed by atoms with Crippen LogP contribution in [-0.4, -0.2) is 42.0 Å². The van der Waals surface area contributed by atoms with Crippen LogP contribution in [0.4, 0.5) is 0 Å². The summed E-state index contributed by atoms with van der Waals surface area (Å²) in [5.74, 6) is 1.54. The molecule has 0 saturated carbocycles. The van der Waals surface area contributed by atoms with Crippen LogP contribution in [0.5, 0.6) is 0 Å². The van der Waals surface area contributed by atoms with E-state index in [1.807, 2.05) is 43.1 Å². The third kappa shape index (κ3) is 3.87. The van der Waals surface area contributed by atoms with Gasteiger partial charge in [0.25, 0.3) is 0 Å². The fraction of sp³-hybridized carbons (Fsp3) is 0.444. The van der Waals surface area contributed by atoms with Gasteiger partial charge in [0.1, 0.15) is 0 Å². The molecule has 5 nitrogen and oxygen atoms in total. The number of nitrogens with one attached hydrogen (secondary N) is 1. The van der Waals surface area contributed by atoms with E-state index in [0.717, 1.165) is 41.0 Å². The van der Waals surface area contributed by atoms with E-state index >= 15 is 0 Å². The van der Waals surface area contributed by atoms with E-state index in [-0.39, 0.29) is 5.91 Å². The van der Waals surface area contributed by atoms with Crippen molar-refractivity contribution in [2.45, 2.75) is 32.2 Å². The topological polar surface area (TPSA) is 58.4 Å². The van der Waals surface area contributed by atoms with Gasteiger partial charge in [-0.05, 0) is 32.0 Å². The first-order valence-electron chi connectivity index (χ1n) is 8.23. The molecular formula is C18H22BrN3O2. The Kier molecular flexibility index (Phi) is 5.36. The zero-order chi connectivity index (χ0) is 17.1. The van der Waals surface area contributed by atoms with Gasteiger partial charge in [0.05, 0.1) is 5.69 Å². The van der Waals surface area contributed by atoms with Crippen molar-refractivity contribution in [3.8, 4) is 11.3 Å². The molecule has 1 atom stereocenters. The number of halogens is 1. The number of nitrogens with zero attached hydrogens (tertiary/aromatic N) is 2. The summed E-state index contributed by atoms with van der Waals surface area (Å²) in [5, 5.41) is 3.29. The van der Waals surface area contributed by atoms with Crippen LogP contribution in [0, 0.1) is 6.92 Å². The summed E-state index contributed by atoms with van der Waals surface area (Å²) >= 11 is 3.43. The summed E-state index contributed by atoms with van der Waals surface area (Å²) in [6.07, 6.45) is 1.97. The highest BCUT2D eigenvalue weighted by molar-refractivity contribution is 9.10. The maximum absolute atomic E-state index is 12.3. The molecule has 1 fully saturated rings. The van der Waals surface area contributed by atoms with Crippen LogP contribution in [0.2, 0.25) is 0 Å². The van der Waals surface area contributed by atoms with Crippen LogP contribution < -0.4 is 5.32 Å². The molecule has 2 aromatic rings. The number of carbonyl (C=O) groups excluding carboxylic acids is 1. The lowest BCUT2D eigenvalue weighted by atomic mass is 10.1. The Labute approximate surface area is 150 Å². The zero-order valence-corrected chi connectivity index (χ0v) is 15.6. The fourth-order valence-corrected chi connectivity index (χ4v) is 3.26. The smallest absolute Gasteiger partial charge is 0.223 e. The van der Waals surface area contributed by atoms with E-state index in [1.165, 1.54) is 0 Å². The molecule has 0 spiro atoms. The average molecular weight is 392 g/mol. The van der Waals surface area contributed by atoms with Crippen molar-refractivity contribution in [2.24, 2.45) is 0 Å². The minimum absolute atomic E-state index is 0.143. The van der Waals surface area contributed by atoms with E-state index in [4.69, 9.17) is 4.42 Å². The molecule has 1 N–H and O–H groups in total. The molecule has 128 valence electrons. The first-order chi connectivity index (χ1) is 11.5. The predicted molar refractivity (Wildman–Crippen MR) is 96.7 cm³/mol. The number of amides is 1. The average Bonchev–Trinajstić information content (AvgIpc) is 3.22. The molecule has 24 heavy (non-hydrogen) atoms. The minimum Gasteiger partial charge on any atom is -0.440 e. The number of benzene rings is 1. The lowest BCUT2D eigenvalue weighted by Gasteiger charge is -2.23. The van der Waals surface area contributed by atoms with E-state index in [0.29, 0.717) is 24.8 Å². The van der Waals surface area contributed by atoms with Gasteiger partial charge in [-0.25, -0.2) is 4.98 Å². The number of oxazole rings is 1. The molecule has 1 aliphatic rings. The van der Waals surface area contributed by atoms with E-state index in [9.17, 15) is 4.79 Å². The highest BCUT2D eigenvalue weighted by atomic mass is 79.9. The lowest BCUT2D eigenvalue weighted by molar-refractivity contribution is -0.131. The summed E-state index contributed by atoms with van der Waals surface area (Å²) in [5.41, 5.74) is 1.85. The SMILES string of the molecule is Cc1nc(CCC(=O)N(C)C2CCNC2)oc1-c1ccc(Br)cc1. The molecule has 0 aliphatic carbocycles. The molecule has 1 aromatic carbocycles. The zero-order valence-electron chi connectivity index (χ0n) is 14.0. The molecule has 0 bridgehead atoms. The highest BCUT2D eigenvalue weighted by Gasteiger charge is 2.23. The van der Waals surface area contributed by atoms with Gasteiger partial charge in [0, 0.05) is 42.5 Å². The standard InChI is InChI=1S/C18H22BrN3O2/c1-12-18(13-3-5-14(19)6-4-13)24-16(21-12)7-8-17(23)22(2)15-9-10-20-11-15/h3-6,15,20H,7-11H2,1-2H3. The van der Waals surface area contributed by atoms with Crippen molar-refractivity contribution >= 4 is 21.8 Å². The number of aryl methyl sites for hydroxylation is 2. The predicted octanol–water partition coefficient (Wildman–Crippen LogP) is 3.17. The molecule has 6 heteroatoms. The van der Waals surface area contributed by atoms with Crippen molar-refractivity contribution in [1.29, 1.82) is 0 Å². The van der Waals surface area contributed by atoms with Crippen molar-refractivity contribution in [1.82, 2.24) is 15.2 Å². The van der Waals surface area contributed by atoms with Gasteiger partial charge in [-0.1, -0.05) is 28.1 Å². The number of aromatic nitrogens is 1. The van der Waals surface area contributed by atoms with Crippen LogP contribution in [0.1, 0.15) is 24.4 Å². The second-order valence-corrected chi connectivity index (χ2v) is 7.10. The van der Waals surface area contributed by atoms with Crippen LogP contribution in [0.3, 0.4) is 0 Å². The molecule has 1 unspecified atom stereocenters. The van der Waals surface area contributed by atoms with Gasteiger partial charge in [0.15, 0.2) is 11.7 Å². The maximum Gasteiger partial charge on any atom is 0.223 e. The quantitative estimate of drug-likeness (QED) is 0.850. The molecule has 0 radical (unpaired) electrons. The van der Waals surface area contributed by atoms with E-state index < -0.39 is 0 Å². The second-order valence-electron chi connectivity index (χ2n) is 6.18. The summed E-state index contributed by atoms with van der Waals surface area (Å²) in [6.45, 7) is 3.80. The second kappa shape index (κ2) is 7.49. The highest BCUT2D eigenvalue weighted by Crippen LogP contribution is 2.26. The maximum atomic E-state index is 12.3. The van der Waals surface area contributed by atoms with Crippen molar-refractivity contribution < 1.29 is 9.21 Å². The third-order valence-corrected chi connectivity index (χ3v) is 5.00. The molecule has 2 heterocycles. The van der Waals surface area contributed by atoms with Gasteiger partial charge in [0.2, 0.25) is 5.91 Å². The number of hydrogen-bond acceptors (Lipinski definition) is 4. The lowest BCUT2D eigenvalue weighted by Crippen LogP contribution is -2.38. The van der Waals surface area contributed by atoms with Crippen LogP contribution in [0.15, 0.2) is 33.2 Å². The van der Waals surface area contributed by atoms with Gasteiger partial charge < -0.3 is 14.6 Å². The molecular weight excluding hydrogens is 370 g/mol. The number of carbonyl (C=O) groups is 1. The summed E-state index contributed by atoms with van der Waals surface area (Å²) in [4.78, 5) is 18.7. The molecule has 3 rings (SSSR count). The van der Waals surface area contributed by atoms with E-state index in [1.54, 1.807) is 0 Å². The number of likely N-dealkylation sites (N-methyl/N-ethyl adjacent to an activating group) is 1. The number of hydrogen-bond donors (Lipinski definition) is 1. The Morgan fingerprint density at radius 1 is 1.42 bits per heavy atom. The van der Waals surface area contributed by atoms with Crippen LogP contribution >= 0.6 is 15.9 Å². The molecule has 1 saturated heterocycles. The Bertz CT molecular complexity index is 706. The summed E-state index contributed by atoms with van der Waals surface area (Å²) in [6, 6.07) is 8.25. The Morgan fingerprint density at radius 3 is 2.83 bits per heavy atom. The monoisotopic (exact) mass is 391 g/mol. The van der Waals surface area contributed by atoms with Gasteiger partial charge in [-0.15, -0.1) is 0 Å². The fourth-order valence-electron chi connectivity index (χ4n) is 2.99. The Balaban J connectivity index is 1.62. The first-order valence-corrected chi connectivity index (χ1v) is 9.02. The number of rotatable bonds is 5. The van der Waals surface area contributed by atoms with Crippen molar-refractivity contribution in [3.05, 3.63) is 40.3 Å².